The van der Waals surface area contributed by atoms with Gasteiger partial charge in [-0.2, -0.15) is 0 Å². The van der Waals surface area contributed by atoms with Crippen molar-refractivity contribution in [2.45, 2.75) is 18.9 Å². The zero-order valence-electron chi connectivity index (χ0n) is 6.16. The van der Waals surface area contributed by atoms with E-state index in [0.29, 0.717) is 0 Å². The van der Waals surface area contributed by atoms with E-state index in [-0.39, 0.29) is 12.6 Å². The molecular formula is C8H15NO. The molecule has 0 aliphatic carbocycles. The van der Waals surface area contributed by atoms with Crippen LogP contribution in [0.4, 0.5) is 0 Å². The minimum Gasteiger partial charge on any atom is -0.395 e. The fourth-order valence-corrected chi connectivity index (χ4v) is 0.538. The van der Waals surface area contributed by atoms with Crippen LogP contribution in [-0.4, -0.2) is 17.8 Å². The first-order valence-corrected chi connectivity index (χ1v) is 3.43. The lowest BCUT2D eigenvalue weighted by atomic mass is 10.2. The predicted molar refractivity (Wildman–Crippen MR) is 43.6 cm³/mol. The molecule has 0 aromatic carbocycles. The van der Waals surface area contributed by atoms with E-state index in [0.717, 1.165) is 12.8 Å². The van der Waals surface area contributed by atoms with E-state index >= 15 is 0 Å². The zero-order chi connectivity index (χ0) is 7.82. The first-order valence-electron chi connectivity index (χ1n) is 3.43. The van der Waals surface area contributed by atoms with Gasteiger partial charge in [-0.3, -0.25) is 0 Å². The number of nitrogens with two attached hydrogens (primary N) is 1. The molecule has 58 valence electrons. The van der Waals surface area contributed by atoms with Gasteiger partial charge in [0.05, 0.1) is 6.61 Å². The number of hydrogen-bond donors (Lipinski definition) is 2. The van der Waals surface area contributed by atoms with Crippen LogP contribution in [0.1, 0.15) is 12.8 Å². The van der Waals surface area contributed by atoms with Gasteiger partial charge in [-0.15, -0.1) is 6.58 Å². The van der Waals surface area contributed by atoms with E-state index < -0.39 is 0 Å². The highest BCUT2D eigenvalue weighted by Gasteiger charge is 1.93. The minimum absolute atomic E-state index is 0.0540. The molecule has 0 rings (SSSR count). The van der Waals surface area contributed by atoms with Crippen LogP contribution < -0.4 is 5.73 Å². The van der Waals surface area contributed by atoms with Crippen LogP contribution in [0.3, 0.4) is 0 Å². The van der Waals surface area contributed by atoms with Crippen molar-refractivity contribution in [3.8, 4) is 0 Å². The average molecular weight is 141 g/mol. The third-order valence-corrected chi connectivity index (χ3v) is 1.14. The standard InChI is InChI=1S/C8H15NO/c1-2-3-4-5-6-8(9)7-10/h2,4-5,8,10H,1,3,6-7,9H2/b5-4-/t8-/m1/s1. The maximum atomic E-state index is 8.51. The van der Waals surface area contributed by atoms with Crippen molar-refractivity contribution in [3.63, 3.8) is 0 Å². The summed E-state index contributed by atoms with van der Waals surface area (Å²) < 4.78 is 0. The minimum atomic E-state index is -0.110. The Morgan fingerprint density at radius 2 is 2.20 bits per heavy atom. The lowest BCUT2D eigenvalue weighted by Gasteiger charge is -2.01. The highest BCUT2D eigenvalue weighted by molar-refractivity contribution is 4.90. The van der Waals surface area contributed by atoms with Crippen molar-refractivity contribution in [1.29, 1.82) is 0 Å². The largest absolute Gasteiger partial charge is 0.395 e. The van der Waals surface area contributed by atoms with Gasteiger partial charge in [0.1, 0.15) is 0 Å². The summed E-state index contributed by atoms with van der Waals surface area (Å²) in [5.74, 6) is 0. The van der Waals surface area contributed by atoms with Crippen molar-refractivity contribution in [1.82, 2.24) is 0 Å². The molecule has 0 radical (unpaired) electrons. The van der Waals surface area contributed by atoms with E-state index in [1.165, 1.54) is 0 Å². The molecule has 0 unspecified atom stereocenters. The molecular weight excluding hydrogens is 126 g/mol. The summed E-state index contributed by atoms with van der Waals surface area (Å²) in [4.78, 5) is 0. The molecule has 0 aliphatic heterocycles. The summed E-state index contributed by atoms with van der Waals surface area (Å²) in [5, 5.41) is 8.51. The third kappa shape index (κ3) is 5.54. The highest BCUT2D eigenvalue weighted by Crippen LogP contribution is 1.90. The molecule has 10 heavy (non-hydrogen) atoms. The van der Waals surface area contributed by atoms with Gasteiger partial charge < -0.3 is 10.8 Å². The third-order valence-electron chi connectivity index (χ3n) is 1.14. The molecule has 0 aliphatic rings. The first kappa shape index (κ1) is 9.40. The van der Waals surface area contributed by atoms with Crippen LogP contribution in [-0.2, 0) is 0 Å². The van der Waals surface area contributed by atoms with E-state index in [4.69, 9.17) is 10.8 Å². The second-order valence-corrected chi connectivity index (χ2v) is 2.17. The molecule has 0 amide bonds. The highest BCUT2D eigenvalue weighted by atomic mass is 16.3. The molecule has 0 aromatic heterocycles. The van der Waals surface area contributed by atoms with Crippen molar-refractivity contribution < 1.29 is 5.11 Å². The molecule has 2 heteroatoms. The molecule has 0 heterocycles. The Morgan fingerprint density at radius 3 is 2.70 bits per heavy atom. The van der Waals surface area contributed by atoms with E-state index in [2.05, 4.69) is 6.58 Å². The Morgan fingerprint density at radius 1 is 1.50 bits per heavy atom. The van der Waals surface area contributed by atoms with Crippen LogP contribution in [0.2, 0.25) is 0 Å². The van der Waals surface area contributed by atoms with E-state index in [9.17, 15) is 0 Å². The number of allylic oxidation sites excluding steroid dienone is 2. The molecule has 3 N–H and O–H groups in total. The Hall–Kier alpha value is -0.600. The molecule has 1 atom stereocenters. The quantitative estimate of drug-likeness (QED) is 0.557. The molecule has 0 aromatic rings. The van der Waals surface area contributed by atoms with Gasteiger partial charge in [0.25, 0.3) is 0 Å². The lowest BCUT2D eigenvalue weighted by molar-refractivity contribution is 0.266. The van der Waals surface area contributed by atoms with Crippen molar-refractivity contribution >= 4 is 0 Å². The fourth-order valence-electron chi connectivity index (χ4n) is 0.538. The van der Waals surface area contributed by atoms with Gasteiger partial charge >= 0.3 is 0 Å². The second kappa shape index (κ2) is 6.52. The lowest BCUT2D eigenvalue weighted by Crippen LogP contribution is -2.22. The SMILES string of the molecule is C=CC/C=C\C[C@@H](N)CO. The Kier molecular flexibility index (Phi) is 6.13. The smallest absolute Gasteiger partial charge is 0.0585 e. The molecule has 0 saturated heterocycles. The number of hydrogen-bond acceptors (Lipinski definition) is 2. The van der Waals surface area contributed by atoms with Crippen LogP contribution >= 0.6 is 0 Å². The molecule has 0 fully saturated rings. The normalized spacial score (nSPS) is 13.8. The summed E-state index contributed by atoms with van der Waals surface area (Å²) in [6.07, 6.45) is 7.38. The van der Waals surface area contributed by atoms with Crippen molar-refractivity contribution in [2.24, 2.45) is 5.73 Å². The zero-order valence-corrected chi connectivity index (χ0v) is 6.16. The van der Waals surface area contributed by atoms with Gasteiger partial charge in [-0.25, -0.2) is 0 Å². The maximum Gasteiger partial charge on any atom is 0.0585 e. The van der Waals surface area contributed by atoms with E-state index in [1.807, 2.05) is 18.2 Å². The van der Waals surface area contributed by atoms with Crippen LogP contribution in [0, 0.1) is 0 Å². The number of rotatable bonds is 5. The molecule has 2 nitrogen and oxygen atoms in total. The summed E-state index contributed by atoms with van der Waals surface area (Å²) >= 11 is 0. The Bertz CT molecular complexity index is 110. The second-order valence-electron chi connectivity index (χ2n) is 2.17. The topological polar surface area (TPSA) is 46.2 Å². The number of aliphatic hydroxyl groups is 1. The Labute approximate surface area is 62.0 Å². The van der Waals surface area contributed by atoms with Gasteiger partial charge in [0, 0.05) is 6.04 Å². The fraction of sp³-hybridized carbons (Fsp3) is 0.500. The van der Waals surface area contributed by atoms with Crippen molar-refractivity contribution in [2.75, 3.05) is 6.61 Å². The average Bonchev–Trinajstić information content (AvgIpc) is 1.98. The van der Waals surface area contributed by atoms with Crippen LogP contribution in [0.5, 0.6) is 0 Å². The Balaban J connectivity index is 3.24. The van der Waals surface area contributed by atoms with Gasteiger partial charge in [-0.1, -0.05) is 18.2 Å². The molecule has 0 bridgehead atoms. The van der Waals surface area contributed by atoms with Gasteiger partial charge in [0.15, 0.2) is 0 Å². The molecule has 0 spiro atoms. The van der Waals surface area contributed by atoms with Gasteiger partial charge in [-0.05, 0) is 12.8 Å². The van der Waals surface area contributed by atoms with Crippen molar-refractivity contribution in [3.05, 3.63) is 24.8 Å². The first-order chi connectivity index (χ1) is 4.81. The predicted octanol–water partition coefficient (Wildman–Crippen LogP) is 0.828. The summed E-state index contributed by atoms with van der Waals surface area (Å²) in [5.41, 5.74) is 5.43. The maximum absolute atomic E-state index is 8.51. The molecule has 0 saturated carbocycles. The van der Waals surface area contributed by atoms with Crippen LogP contribution in [0.15, 0.2) is 24.8 Å². The number of aliphatic hydroxyl groups excluding tert-OH is 1. The summed E-state index contributed by atoms with van der Waals surface area (Å²) in [7, 11) is 0. The monoisotopic (exact) mass is 141 g/mol. The van der Waals surface area contributed by atoms with Crippen LogP contribution in [0.25, 0.3) is 0 Å². The van der Waals surface area contributed by atoms with E-state index in [1.54, 1.807) is 0 Å². The summed E-state index contributed by atoms with van der Waals surface area (Å²) in [6.45, 7) is 3.62. The van der Waals surface area contributed by atoms with Gasteiger partial charge in [0.2, 0.25) is 0 Å². The summed E-state index contributed by atoms with van der Waals surface area (Å²) in [6, 6.07) is -0.110.